The fourth-order valence-corrected chi connectivity index (χ4v) is 4.25. The van der Waals surface area contributed by atoms with E-state index in [1.54, 1.807) is 12.1 Å². The third-order valence-corrected chi connectivity index (χ3v) is 6.18. The molecule has 6 nitrogen and oxygen atoms in total. The number of carbonyl (C=O) groups excluding carboxylic acids is 3. The van der Waals surface area contributed by atoms with Crippen molar-refractivity contribution in [2.24, 2.45) is 0 Å². The van der Waals surface area contributed by atoms with E-state index in [9.17, 15) is 14.4 Å². The van der Waals surface area contributed by atoms with E-state index < -0.39 is 5.97 Å². The van der Waals surface area contributed by atoms with Gasteiger partial charge < -0.3 is 14.6 Å². The molecule has 0 aliphatic heterocycles. The van der Waals surface area contributed by atoms with E-state index in [-0.39, 0.29) is 18.3 Å². The number of ether oxygens (including phenoxy) is 1. The van der Waals surface area contributed by atoms with Gasteiger partial charge in [0.15, 0.2) is 6.61 Å². The Hall–Kier alpha value is -3.19. The molecule has 0 saturated carbocycles. The normalized spacial score (nSPS) is 10.7. The molecule has 31 heavy (non-hydrogen) atoms. The molecule has 0 spiro atoms. The van der Waals surface area contributed by atoms with Gasteiger partial charge in [-0.3, -0.25) is 9.59 Å². The second-order valence-corrected chi connectivity index (χ2v) is 8.52. The monoisotopic (exact) mass is 438 g/mol. The average molecular weight is 439 g/mol. The van der Waals surface area contributed by atoms with Crippen LogP contribution in [-0.2, 0) is 22.5 Å². The molecule has 0 bridgehead atoms. The first-order chi connectivity index (χ1) is 14.8. The average Bonchev–Trinajstić information content (AvgIpc) is 3.32. The Bertz CT molecular complexity index is 1080. The number of rotatable bonds is 9. The van der Waals surface area contributed by atoms with Crippen molar-refractivity contribution in [3.63, 3.8) is 0 Å². The Balaban J connectivity index is 1.58. The molecule has 0 atom stereocenters. The largest absolute Gasteiger partial charge is 0.454 e. The molecule has 3 aromatic rings. The summed E-state index contributed by atoms with van der Waals surface area (Å²) >= 11 is 1.35. The van der Waals surface area contributed by atoms with Crippen LogP contribution in [0.2, 0.25) is 0 Å². The highest BCUT2D eigenvalue weighted by Gasteiger charge is 2.19. The van der Waals surface area contributed by atoms with Crippen LogP contribution in [0.5, 0.6) is 0 Å². The molecular formula is C24H26N2O4S. The summed E-state index contributed by atoms with van der Waals surface area (Å²) < 4.78 is 7.38. The third-order valence-electron chi connectivity index (χ3n) is 4.99. The van der Waals surface area contributed by atoms with Gasteiger partial charge in [0, 0.05) is 36.3 Å². The minimum Gasteiger partial charge on any atom is -0.454 e. The van der Waals surface area contributed by atoms with Gasteiger partial charge in [0.2, 0.25) is 11.7 Å². The topological polar surface area (TPSA) is 77.4 Å². The number of hydrogen-bond acceptors (Lipinski definition) is 5. The highest BCUT2D eigenvalue weighted by atomic mass is 32.1. The zero-order valence-corrected chi connectivity index (χ0v) is 18.8. The quantitative estimate of drug-likeness (QED) is 0.406. The van der Waals surface area contributed by atoms with Crippen LogP contribution in [0, 0.1) is 13.8 Å². The first-order valence-corrected chi connectivity index (χ1v) is 10.9. The number of Topliss-reactive ketones (excluding diaryl/α,β-unsaturated/α-hetero) is 1. The molecular weight excluding hydrogens is 412 g/mol. The number of ketones is 1. The predicted octanol–water partition coefficient (Wildman–Crippen LogP) is 3.93. The number of aromatic nitrogens is 1. The molecule has 2 aromatic heterocycles. The molecule has 3 rings (SSSR count). The van der Waals surface area contributed by atoms with Gasteiger partial charge in [-0.1, -0.05) is 30.3 Å². The van der Waals surface area contributed by atoms with Crippen molar-refractivity contribution in [3.8, 4) is 0 Å². The standard InChI is InChI=1S/C24H26N2O4S/c1-16-13-21(17(2)26(16)14-19-7-5-4-6-8-19)24(29)30-15-22(28)23-10-9-20(31-23)11-12-25-18(3)27/h4-10,13H,11-12,14-15H2,1-3H3,(H,25,27). The Morgan fingerprint density at radius 2 is 1.81 bits per heavy atom. The number of amides is 1. The van der Waals surface area contributed by atoms with Crippen LogP contribution < -0.4 is 5.32 Å². The van der Waals surface area contributed by atoms with Crippen molar-refractivity contribution in [2.45, 2.75) is 33.7 Å². The number of benzene rings is 1. The number of carbonyl (C=O) groups is 3. The van der Waals surface area contributed by atoms with E-state index in [0.717, 1.165) is 21.8 Å². The van der Waals surface area contributed by atoms with Gasteiger partial charge in [0.05, 0.1) is 10.4 Å². The summed E-state index contributed by atoms with van der Waals surface area (Å²) in [6.45, 7) is 6.20. The predicted molar refractivity (Wildman–Crippen MR) is 121 cm³/mol. The number of thiophene rings is 1. The highest BCUT2D eigenvalue weighted by molar-refractivity contribution is 7.14. The summed E-state index contributed by atoms with van der Waals surface area (Å²) in [5, 5.41) is 2.73. The van der Waals surface area contributed by atoms with Crippen LogP contribution in [0.1, 0.15) is 48.8 Å². The molecule has 0 fully saturated rings. The lowest BCUT2D eigenvalue weighted by atomic mass is 10.2. The summed E-state index contributed by atoms with van der Waals surface area (Å²) in [6, 6.07) is 15.4. The first-order valence-electron chi connectivity index (χ1n) is 10.1. The van der Waals surface area contributed by atoms with E-state index in [4.69, 9.17) is 4.74 Å². The van der Waals surface area contributed by atoms with Gasteiger partial charge in [-0.15, -0.1) is 11.3 Å². The molecule has 0 aliphatic carbocycles. The molecule has 2 heterocycles. The molecule has 162 valence electrons. The zero-order chi connectivity index (χ0) is 22.4. The zero-order valence-electron chi connectivity index (χ0n) is 17.9. The van der Waals surface area contributed by atoms with E-state index in [1.807, 2.05) is 50.2 Å². The number of hydrogen-bond donors (Lipinski definition) is 1. The molecule has 0 aliphatic rings. The molecule has 1 N–H and O–H groups in total. The minimum atomic E-state index is -0.497. The van der Waals surface area contributed by atoms with Crippen molar-refractivity contribution in [1.82, 2.24) is 9.88 Å². The summed E-state index contributed by atoms with van der Waals surface area (Å²) in [5.74, 6) is -0.812. The summed E-state index contributed by atoms with van der Waals surface area (Å²) in [6.07, 6.45) is 0.657. The van der Waals surface area contributed by atoms with Gasteiger partial charge in [-0.05, 0) is 44.0 Å². The van der Waals surface area contributed by atoms with Crippen LogP contribution >= 0.6 is 11.3 Å². The fraction of sp³-hybridized carbons (Fsp3) is 0.292. The maximum Gasteiger partial charge on any atom is 0.340 e. The second-order valence-electron chi connectivity index (χ2n) is 7.35. The number of nitrogens with one attached hydrogen (secondary N) is 1. The van der Waals surface area contributed by atoms with E-state index >= 15 is 0 Å². The maximum atomic E-state index is 12.6. The van der Waals surface area contributed by atoms with Crippen LogP contribution in [0.4, 0.5) is 0 Å². The lowest BCUT2D eigenvalue weighted by Gasteiger charge is -2.10. The maximum absolute atomic E-state index is 12.6. The molecule has 0 unspecified atom stereocenters. The van der Waals surface area contributed by atoms with Gasteiger partial charge in [-0.25, -0.2) is 4.79 Å². The molecule has 1 amide bonds. The van der Waals surface area contributed by atoms with Gasteiger partial charge in [0.25, 0.3) is 0 Å². The molecule has 1 aromatic carbocycles. The fourth-order valence-electron chi connectivity index (χ4n) is 3.32. The van der Waals surface area contributed by atoms with E-state index in [2.05, 4.69) is 9.88 Å². The summed E-state index contributed by atoms with van der Waals surface area (Å²) in [7, 11) is 0. The Labute approximate surface area is 185 Å². The van der Waals surface area contributed by atoms with Crippen LogP contribution in [-0.4, -0.2) is 35.4 Å². The number of nitrogens with zero attached hydrogens (tertiary/aromatic N) is 1. The van der Waals surface area contributed by atoms with E-state index in [0.29, 0.717) is 30.0 Å². The third kappa shape index (κ3) is 5.92. The van der Waals surface area contributed by atoms with Crippen molar-refractivity contribution in [3.05, 3.63) is 80.8 Å². The Morgan fingerprint density at radius 3 is 2.52 bits per heavy atom. The minimum absolute atomic E-state index is 0.0806. The van der Waals surface area contributed by atoms with Gasteiger partial charge in [0.1, 0.15) is 0 Å². The van der Waals surface area contributed by atoms with Crippen molar-refractivity contribution in [2.75, 3.05) is 13.2 Å². The SMILES string of the molecule is CC(=O)NCCc1ccc(C(=O)COC(=O)c2cc(C)n(Cc3ccccc3)c2C)s1. The molecule has 0 radical (unpaired) electrons. The lowest BCUT2D eigenvalue weighted by molar-refractivity contribution is -0.118. The highest BCUT2D eigenvalue weighted by Crippen LogP contribution is 2.20. The summed E-state index contributed by atoms with van der Waals surface area (Å²) in [4.78, 5) is 37.5. The number of aryl methyl sites for hydroxylation is 1. The Kier molecular flexibility index (Phi) is 7.41. The number of esters is 1. The van der Waals surface area contributed by atoms with Crippen LogP contribution in [0.15, 0.2) is 48.5 Å². The van der Waals surface area contributed by atoms with Gasteiger partial charge >= 0.3 is 5.97 Å². The van der Waals surface area contributed by atoms with Crippen molar-refractivity contribution in [1.29, 1.82) is 0 Å². The lowest BCUT2D eigenvalue weighted by Crippen LogP contribution is -2.22. The van der Waals surface area contributed by atoms with Gasteiger partial charge in [-0.2, -0.15) is 0 Å². The molecule has 7 heteroatoms. The van der Waals surface area contributed by atoms with Crippen molar-refractivity contribution < 1.29 is 19.1 Å². The molecule has 0 saturated heterocycles. The van der Waals surface area contributed by atoms with Crippen LogP contribution in [0.25, 0.3) is 0 Å². The Morgan fingerprint density at radius 1 is 1.06 bits per heavy atom. The second kappa shape index (κ2) is 10.2. The summed E-state index contributed by atoms with van der Waals surface area (Å²) in [5.41, 5.74) is 3.40. The van der Waals surface area contributed by atoms with E-state index in [1.165, 1.54) is 18.3 Å². The smallest absolute Gasteiger partial charge is 0.340 e. The van der Waals surface area contributed by atoms with Crippen LogP contribution in [0.3, 0.4) is 0 Å². The van der Waals surface area contributed by atoms with Crippen molar-refractivity contribution >= 4 is 29.0 Å². The first kappa shape index (κ1) is 22.5.